The Morgan fingerprint density at radius 1 is 1.07 bits per heavy atom. The van der Waals surface area contributed by atoms with Crippen LogP contribution in [0.5, 0.6) is 0 Å². The van der Waals surface area contributed by atoms with Crippen molar-refractivity contribution in [3.05, 3.63) is 81.8 Å². The lowest BCUT2D eigenvalue weighted by Gasteiger charge is -2.11. The van der Waals surface area contributed by atoms with Gasteiger partial charge in [0.1, 0.15) is 0 Å². The van der Waals surface area contributed by atoms with E-state index < -0.39 is 0 Å². The molecule has 0 fully saturated rings. The Bertz CT molecular complexity index is 1260. The number of halogens is 1. The Balaban J connectivity index is 1.77. The maximum Gasteiger partial charge on any atom is 0.259 e. The minimum absolute atomic E-state index is 0.243. The molecule has 0 bridgehead atoms. The van der Waals surface area contributed by atoms with E-state index in [-0.39, 0.29) is 5.91 Å². The van der Waals surface area contributed by atoms with E-state index in [2.05, 4.69) is 40.5 Å². The molecule has 0 aliphatic heterocycles. The topological polar surface area (TPSA) is 59.3 Å². The number of aryl methyl sites for hydroxylation is 4. The van der Waals surface area contributed by atoms with Crippen LogP contribution in [0.2, 0.25) is 5.02 Å². The van der Waals surface area contributed by atoms with E-state index in [0.717, 1.165) is 33.7 Å². The van der Waals surface area contributed by atoms with Crippen molar-refractivity contribution in [3.8, 4) is 11.1 Å². The summed E-state index contributed by atoms with van der Waals surface area (Å²) in [6, 6.07) is 13.7. The van der Waals surface area contributed by atoms with Gasteiger partial charge in [0.05, 0.1) is 17.0 Å². The van der Waals surface area contributed by atoms with E-state index in [1.165, 1.54) is 5.56 Å². The van der Waals surface area contributed by atoms with Crippen molar-refractivity contribution in [2.45, 2.75) is 27.7 Å². The van der Waals surface area contributed by atoms with Crippen LogP contribution < -0.4 is 5.32 Å². The smallest absolute Gasteiger partial charge is 0.259 e. The maximum atomic E-state index is 12.9. The lowest BCUT2D eigenvalue weighted by molar-refractivity contribution is 0.102. The number of nitrogens with one attached hydrogen (secondary N) is 1. The highest BCUT2D eigenvalue weighted by atomic mass is 35.5. The van der Waals surface area contributed by atoms with Gasteiger partial charge in [0, 0.05) is 22.5 Å². The minimum atomic E-state index is -0.243. The van der Waals surface area contributed by atoms with Crippen LogP contribution in [0, 0.1) is 27.7 Å². The Kier molecular flexibility index (Phi) is 4.84. The molecule has 6 heteroatoms. The van der Waals surface area contributed by atoms with Crippen LogP contribution in [0.15, 0.2) is 48.7 Å². The summed E-state index contributed by atoms with van der Waals surface area (Å²) in [7, 11) is 0. The summed E-state index contributed by atoms with van der Waals surface area (Å²) in [6.07, 6.45) is 1.61. The van der Waals surface area contributed by atoms with Gasteiger partial charge in [-0.1, -0.05) is 47.5 Å². The highest BCUT2D eigenvalue weighted by Crippen LogP contribution is 2.29. The quantitative estimate of drug-likeness (QED) is 0.488. The Morgan fingerprint density at radius 2 is 1.86 bits per heavy atom. The number of nitrogens with zero attached hydrogens (tertiary/aromatic N) is 3. The number of hydrogen-bond acceptors (Lipinski definition) is 3. The highest BCUT2D eigenvalue weighted by molar-refractivity contribution is 6.31. The molecule has 1 amide bonds. The average Bonchev–Trinajstić information content (AvgIpc) is 3.02. The van der Waals surface area contributed by atoms with Crippen molar-refractivity contribution in [3.63, 3.8) is 0 Å². The highest BCUT2D eigenvalue weighted by Gasteiger charge is 2.19. The van der Waals surface area contributed by atoms with Crippen molar-refractivity contribution in [1.82, 2.24) is 14.6 Å². The van der Waals surface area contributed by atoms with Crippen molar-refractivity contribution in [2.75, 3.05) is 5.32 Å². The van der Waals surface area contributed by atoms with Gasteiger partial charge in [-0.15, -0.1) is 0 Å². The number of aromatic nitrogens is 3. The van der Waals surface area contributed by atoms with E-state index in [0.29, 0.717) is 16.3 Å². The largest absolute Gasteiger partial charge is 0.322 e. The SMILES string of the molecule is Cc1cccc(-c2c(C)nn3c(C)c(C(=O)Nc4cc(Cl)ccc4C)cnc23)c1. The predicted octanol–water partition coefficient (Wildman–Crippen LogP) is 5.54. The summed E-state index contributed by atoms with van der Waals surface area (Å²) in [5, 5.41) is 8.15. The number of carbonyl (C=O) groups excluding carboxylic acids is 1. The average molecular weight is 405 g/mol. The molecule has 2 heterocycles. The predicted molar refractivity (Wildman–Crippen MR) is 117 cm³/mol. The van der Waals surface area contributed by atoms with Crippen molar-refractivity contribution in [1.29, 1.82) is 0 Å². The third-order valence-electron chi connectivity index (χ3n) is 5.06. The summed E-state index contributed by atoms with van der Waals surface area (Å²) in [5.41, 5.74) is 7.64. The zero-order valence-corrected chi connectivity index (χ0v) is 17.5. The van der Waals surface area contributed by atoms with Gasteiger partial charge >= 0.3 is 0 Å². The van der Waals surface area contributed by atoms with Gasteiger partial charge in [-0.25, -0.2) is 9.50 Å². The number of amides is 1. The standard InChI is InChI=1S/C23H21ClN4O/c1-13-6-5-7-17(10-13)21-15(3)27-28-16(4)19(12-25-22(21)28)23(29)26-20-11-18(24)9-8-14(20)2/h5-12H,1-4H3,(H,26,29). The van der Waals surface area contributed by atoms with Gasteiger partial charge in [-0.3, -0.25) is 4.79 Å². The zero-order valence-electron chi connectivity index (χ0n) is 16.7. The lowest BCUT2D eigenvalue weighted by Crippen LogP contribution is -2.16. The van der Waals surface area contributed by atoms with Crippen molar-refractivity contribution in [2.24, 2.45) is 0 Å². The zero-order chi connectivity index (χ0) is 20.7. The van der Waals surface area contributed by atoms with Crippen LogP contribution in [0.4, 0.5) is 5.69 Å². The fourth-order valence-corrected chi connectivity index (χ4v) is 3.65. The van der Waals surface area contributed by atoms with Crippen molar-refractivity contribution >= 4 is 28.8 Å². The molecule has 1 N–H and O–H groups in total. The summed E-state index contributed by atoms with van der Waals surface area (Å²) < 4.78 is 1.74. The molecule has 4 rings (SSSR count). The molecular weight excluding hydrogens is 384 g/mol. The number of benzene rings is 2. The first-order valence-electron chi connectivity index (χ1n) is 9.34. The van der Waals surface area contributed by atoms with E-state index in [9.17, 15) is 4.79 Å². The number of carbonyl (C=O) groups is 1. The molecule has 4 aromatic rings. The van der Waals surface area contributed by atoms with E-state index in [1.54, 1.807) is 22.8 Å². The molecule has 2 aromatic heterocycles. The minimum Gasteiger partial charge on any atom is -0.322 e. The molecule has 29 heavy (non-hydrogen) atoms. The molecule has 0 spiro atoms. The van der Waals surface area contributed by atoms with E-state index in [4.69, 9.17) is 11.6 Å². The lowest BCUT2D eigenvalue weighted by atomic mass is 10.0. The van der Waals surface area contributed by atoms with Crippen LogP contribution in [-0.2, 0) is 0 Å². The summed E-state index contributed by atoms with van der Waals surface area (Å²) in [6.45, 7) is 7.82. The first-order valence-corrected chi connectivity index (χ1v) is 9.72. The van der Waals surface area contributed by atoms with Gasteiger partial charge < -0.3 is 5.32 Å². The third kappa shape index (κ3) is 3.49. The van der Waals surface area contributed by atoms with Crippen LogP contribution >= 0.6 is 11.6 Å². The van der Waals surface area contributed by atoms with Crippen molar-refractivity contribution < 1.29 is 4.79 Å². The van der Waals surface area contributed by atoms with Gasteiger partial charge in [-0.05, 0) is 51.0 Å². The molecule has 5 nitrogen and oxygen atoms in total. The number of fused-ring (bicyclic) bond motifs is 1. The molecule has 0 saturated heterocycles. The second kappa shape index (κ2) is 7.33. The van der Waals surface area contributed by atoms with E-state index >= 15 is 0 Å². The Labute approximate surface area is 174 Å². The fourth-order valence-electron chi connectivity index (χ4n) is 3.48. The van der Waals surface area contributed by atoms with Gasteiger partial charge in [0.15, 0.2) is 5.65 Å². The first kappa shape index (κ1) is 19.2. The summed E-state index contributed by atoms with van der Waals surface area (Å²) in [4.78, 5) is 17.5. The number of hydrogen-bond donors (Lipinski definition) is 1. The second-order valence-electron chi connectivity index (χ2n) is 7.24. The summed E-state index contributed by atoms with van der Waals surface area (Å²) in [5.74, 6) is -0.243. The molecule has 146 valence electrons. The second-order valence-corrected chi connectivity index (χ2v) is 7.67. The molecule has 0 aliphatic carbocycles. The molecule has 0 radical (unpaired) electrons. The normalized spacial score (nSPS) is 11.1. The maximum absolute atomic E-state index is 12.9. The number of anilines is 1. The van der Waals surface area contributed by atoms with Gasteiger partial charge in [0.2, 0.25) is 0 Å². The summed E-state index contributed by atoms with van der Waals surface area (Å²) >= 11 is 6.07. The first-order chi connectivity index (χ1) is 13.8. The van der Waals surface area contributed by atoms with Crippen LogP contribution in [-0.4, -0.2) is 20.5 Å². The Morgan fingerprint density at radius 3 is 2.62 bits per heavy atom. The molecule has 0 saturated carbocycles. The molecule has 0 atom stereocenters. The molecule has 0 unspecified atom stereocenters. The molecular formula is C23H21ClN4O. The fraction of sp³-hybridized carbons (Fsp3) is 0.174. The van der Waals surface area contributed by atoms with Crippen LogP contribution in [0.25, 0.3) is 16.8 Å². The van der Waals surface area contributed by atoms with Gasteiger partial charge in [-0.2, -0.15) is 5.10 Å². The van der Waals surface area contributed by atoms with Crippen LogP contribution in [0.3, 0.4) is 0 Å². The van der Waals surface area contributed by atoms with E-state index in [1.807, 2.05) is 32.9 Å². The van der Waals surface area contributed by atoms with Gasteiger partial charge in [0.25, 0.3) is 5.91 Å². The van der Waals surface area contributed by atoms with Crippen LogP contribution in [0.1, 0.15) is 32.9 Å². The number of rotatable bonds is 3. The Hall–Kier alpha value is -3.18. The third-order valence-corrected chi connectivity index (χ3v) is 5.29. The molecule has 0 aliphatic rings. The molecule has 2 aromatic carbocycles. The monoisotopic (exact) mass is 404 g/mol.